The van der Waals surface area contributed by atoms with Crippen LogP contribution in [0.15, 0.2) is 53.5 Å². The smallest absolute Gasteiger partial charge is 0.253 e. The number of amides is 1. The van der Waals surface area contributed by atoms with Crippen LogP contribution < -0.4 is 10.6 Å². The predicted octanol–water partition coefficient (Wildman–Crippen LogP) is 3.61. The average Bonchev–Trinajstić information content (AvgIpc) is 3.19. The Hall–Kier alpha value is -2.62. The Kier molecular flexibility index (Phi) is 10.5. The van der Waals surface area contributed by atoms with Crippen molar-refractivity contribution in [2.75, 3.05) is 33.7 Å². The number of guanidine groups is 1. The maximum atomic E-state index is 12.1. The molecule has 0 unspecified atom stereocenters. The van der Waals surface area contributed by atoms with Gasteiger partial charge in [0.1, 0.15) is 5.82 Å². The molecule has 0 spiro atoms. The fraction of sp³-hybridized carbons (Fsp3) is 0.375. The van der Waals surface area contributed by atoms with Crippen LogP contribution >= 0.6 is 24.0 Å². The molecule has 0 saturated heterocycles. The average molecular weight is 548 g/mol. The van der Waals surface area contributed by atoms with Crippen molar-refractivity contribution in [2.45, 2.75) is 26.2 Å². The van der Waals surface area contributed by atoms with E-state index in [0.717, 1.165) is 67.3 Å². The number of imidazole rings is 1. The highest BCUT2D eigenvalue weighted by Crippen LogP contribution is 2.11. The van der Waals surface area contributed by atoms with Crippen molar-refractivity contribution in [3.8, 4) is 0 Å². The number of benzene rings is 2. The van der Waals surface area contributed by atoms with Gasteiger partial charge in [0.25, 0.3) is 5.91 Å². The lowest BCUT2D eigenvalue weighted by molar-refractivity contribution is 0.0827. The number of aromatic amines is 1. The van der Waals surface area contributed by atoms with Gasteiger partial charge in [-0.3, -0.25) is 9.79 Å². The van der Waals surface area contributed by atoms with Crippen LogP contribution in [0.2, 0.25) is 0 Å². The molecule has 1 aromatic heterocycles. The van der Waals surface area contributed by atoms with Gasteiger partial charge in [0.05, 0.1) is 11.0 Å². The Balaban J connectivity index is 0.00000363. The first-order chi connectivity index (χ1) is 15.1. The molecule has 0 aliphatic carbocycles. The third-order valence-electron chi connectivity index (χ3n) is 4.91. The first-order valence-corrected chi connectivity index (χ1v) is 10.8. The molecule has 32 heavy (non-hydrogen) atoms. The first kappa shape index (κ1) is 25.6. The highest BCUT2D eigenvalue weighted by molar-refractivity contribution is 14.0. The second kappa shape index (κ2) is 13.0. The lowest BCUT2D eigenvalue weighted by Gasteiger charge is -2.13. The molecule has 1 amide bonds. The number of aromatic nitrogens is 2. The maximum Gasteiger partial charge on any atom is 0.253 e. The number of nitrogens with zero attached hydrogens (tertiary/aromatic N) is 3. The Bertz CT molecular complexity index is 997. The fourth-order valence-corrected chi connectivity index (χ4v) is 3.35. The van der Waals surface area contributed by atoms with Gasteiger partial charge in [0.15, 0.2) is 5.96 Å². The summed E-state index contributed by atoms with van der Waals surface area (Å²) in [5.74, 6) is 1.84. The van der Waals surface area contributed by atoms with Gasteiger partial charge in [-0.05, 0) is 49.6 Å². The lowest BCUT2D eigenvalue weighted by Crippen LogP contribution is -2.38. The van der Waals surface area contributed by atoms with Gasteiger partial charge in [0, 0.05) is 45.7 Å². The van der Waals surface area contributed by atoms with Crippen LogP contribution in [-0.2, 0) is 12.8 Å². The topological polar surface area (TPSA) is 85.4 Å². The molecule has 0 bridgehead atoms. The number of aliphatic imine (C=N–C) groups is 1. The summed E-state index contributed by atoms with van der Waals surface area (Å²) >= 11 is 0. The minimum atomic E-state index is 0. The lowest BCUT2D eigenvalue weighted by atomic mass is 10.1. The number of rotatable bonds is 9. The van der Waals surface area contributed by atoms with E-state index >= 15 is 0 Å². The quantitative estimate of drug-likeness (QED) is 0.165. The molecule has 0 saturated carbocycles. The molecule has 0 aliphatic heterocycles. The third-order valence-corrected chi connectivity index (χ3v) is 4.91. The number of H-pyrrole nitrogens is 1. The molecular formula is C24H33IN6O. The second-order valence-corrected chi connectivity index (χ2v) is 7.64. The van der Waals surface area contributed by atoms with Gasteiger partial charge >= 0.3 is 0 Å². The third kappa shape index (κ3) is 7.51. The number of halogens is 1. The van der Waals surface area contributed by atoms with Gasteiger partial charge in [-0.2, -0.15) is 0 Å². The molecule has 0 atom stereocenters. The van der Waals surface area contributed by atoms with Gasteiger partial charge in [-0.25, -0.2) is 4.98 Å². The monoisotopic (exact) mass is 548 g/mol. The molecule has 172 valence electrons. The molecular weight excluding hydrogens is 515 g/mol. The molecule has 3 N–H and O–H groups in total. The summed E-state index contributed by atoms with van der Waals surface area (Å²) in [5, 5.41) is 6.67. The number of carbonyl (C=O) groups excluding carboxylic acids is 1. The second-order valence-electron chi connectivity index (χ2n) is 7.64. The van der Waals surface area contributed by atoms with Crippen molar-refractivity contribution in [1.29, 1.82) is 0 Å². The predicted molar refractivity (Wildman–Crippen MR) is 142 cm³/mol. The minimum absolute atomic E-state index is 0. The summed E-state index contributed by atoms with van der Waals surface area (Å²) in [5.41, 5.74) is 3.93. The largest absolute Gasteiger partial charge is 0.357 e. The summed E-state index contributed by atoms with van der Waals surface area (Å²) in [6.07, 6.45) is 2.60. The Morgan fingerprint density at radius 2 is 1.91 bits per heavy atom. The number of hydrogen-bond acceptors (Lipinski definition) is 3. The zero-order valence-corrected chi connectivity index (χ0v) is 21.3. The van der Waals surface area contributed by atoms with Crippen molar-refractivity contribution < 1.29 is 4.79 Å². The molecule has 0 radical (unpaired) electrons. The van der Waals surface area contributed by atoms with Crippen LogP contribution in [0.1, 0.15) is 35.1 Å². The van der Waals surface area contributed by atoms with E-state index in [2.05, 4.69) is 32.5 Å². The number of hydrogen-bond donors (Lipinski definition) is 3. The molecule has 0 fully saturated rings. The van der Waals surface area contributed by atoms with Crippen LogP contribution in [0.3, 0.4) is 0 Å². The van der Waals surface area contributed by atoms with Crippen molar-refractivity contribution in [3.63, 3.8) is 0 Å². The van der Waals surface area contributed by atoms with E-state index in [9.17, 15) is 4.79 Å². The number of fused-ring (bicyclic) bond motifs is 1. The zero-order valence-electron chi connectivity index (χ0n) is 19.0. The highest BCUT2D eigenvalue weighted by Gasteiger charge is 2.08. The van der Waals surface area contributed by atoms with Gasteiger partial charge in [-0.15, -0.1) is 24.0 Å². The number of nitrogens with one attached hydrogen (secondary N) is 3. The van der Waals surface area contributed by atoms with Crippen molar-refractivity contribution in [1.82, 2.24) is 25.5 Å². The van der Waals surface area contributed by atoms with E-state index in [0.29, 0.717) is 5.56 Å². The van der Waals surface area contributed by atoms with E-state index in [1.54, 1.807) is 19.0 Å². The molecule has 3 aromatic rings. The maximum absolute atomic E-state index is 12.1. The fourth-order valence-electron chi connectivity index (χ4n) is 3.35. The van der Waals surface area contributed by atoms with Crippen molar-refractivity contribution in [2.24, 2.45) is 4.99 Å². The number of aryl methyl sites for hydroxylation is 1. The molecule has 3 rings (SSSR count). The summed E-state index contributed by atoms with van der Waals surface area (Å²) in [4.78, 5) is 26.4. The standard InChI is InChI=1S/C24H32N6O.HI/c1-4-25-24(26-15-8-13-22-28-20-11-5-6-12-21(20)29-22)27-16-14-18-9-7-10-19(17-18)23(31)30(2)3;/h5-7,9-12,17H,4,8,13-16H2,1-3H3,(H,28,29)(H2,25,26,27);1H. The van der Waals surface area contributed by atoms with Crippen LogP contribution in [0.4, 0.5) is 0 Å². The number of para-hydroxylation sites is 2. The zero-order chi connectivity index (χ0) is 22.1. The molecule has 0 aliphatic rings. The van der Waals surface area contributed by atoms with E-state index < -0.39 is 0 Å². The SMILES string of the molecule is CCNC(=NCCCc1nc2ccccc2[nH]1)NCCc1cccc(C(=O)N(C)C)c1.I. The summed E-state index contributed by atoms with van der Waals surface area (Å²) < 4.78 is 0. The first-order valence-electron chi connectivity index (χ1n) is 10.8. The molecule has 7 nitrogen and oxygen atoms in total. The Morgan fingerprint density at radius 3 is 2.66 bits per heavy atom. The van der Waals surface area contributed by atoms with E-state index in [1.165, 1.54) is 0 Å². The van der Waals surface area contributed by atoms with Crippen LogP contribution in [0.5, 0.6) is 0 Å². The van der Waals surface area contributed by atoms with Crippen LogP contribution in [0.25, 0.3) is 11.0 Å². The van der Waals surface area contributed by atoms with E-state index in [-0.39, 0.29) is 29.9 Å². The number of carbonyl (C=O) groups is 1. The van der Waals surface area contributed by atoms with E-state index in [1.807, 2.05) is 48.5 Å². The van der Waals surface area contributed by atoms with Gasteiger partial charge in [-0.1, -0.05) is 24.3 Å². The molecule has 1 heterocycles. The van der Waals surface area contributed by atoms with Gasteiger partial charge in [0.2, 0.25) is 0 Å². The van der Waals surface area contributed by atoms with E-state index in [4.69, 9.17) is 0 Å². The van der Waals surface area contributed by atoms with Crippen molar-refractivity contribution >= 4 is 46.9 Å². The van der Waals surface area contributed by atoms with Crippen LogP contribution in [0, 0.1) is 0 Å². The molecule has 8 heteroatoms. The van der Waals surface area contributed by atoms with Crippen LogP contribution in [-0.4, -0.2) is 60.5 Å². The van der Waals surface area contributed by atoms with Gasteiger partial charge < -0.3 is 20.5 Å². The minimum Gasteiger partial charge on any atom is -0.357 e. The Morgan fingerprint density at radius 1 is 1.09 bits per heavy atom. The summed E-state index contributed by atoms with van der Waals surface area (Å²) in [6, 6.07) is 15.9. The highest BCUT2D eigenvalue weighted by atomic mass is 127. The van der Waals surface area contributed by atoms with Crippen molar-refractivity contribution in [3.05, 3.63) is 65.5 Å². The normalized spacial score (nSPS) is 11.2. The summed E-state index contributed by atoms with van der Waals surface area (Å²) in [6.45, 7) is 4.33. The Labute approximate surface area is 207 Å². The summed E-state index contributed by atoms with van der Waals surface area (Å²) in [7, 11) is 3.54. The molecule has 2 aromatic carbocycles.